The zero-order chi connectivity index (χ0) is 15.0. The third-order valence-electron chi connectivity index (χ3n) is 3.61. The Labute approximate surface area is 122 Å². The molecule has 0 saturated carbocycles. The van der Waals surface area contributed by atoms with Gasteiger partial charge in [0.15, 0.2) is 7.85 Å². The molecular formula is C13H18B3NO3. The van der Waals surface area contributed by atoms with E-state index in [0.717, 1.165) is 5.56 Å². The fourth-order valence-corrected chi connectivity index (χ4v) is 2.03. The topological polar surface area (TPSA) is 47.9 Å². The largest absolute Gasteiger partial charge is 0.488 e. The van der Waals surface area contributed by atoms with Gasteiger partial charge in [-0.3, -0.25) is 4.79 Å². The van der Waals surface area contributed by atoms with E-state index < -0.39 is 10.8 Å². The summed E-state index contributed by atoms with van der Waals surface area (Å²) in [5.41, 5.74) is -0.177. The number of rotatable bonds is 3. The molecule has 0 aromatic heterocycles. The van der Waals surface area contributed by atoms with Crippen LogP contribution in [0.1, 0.15) is 19.4 Å². The Hall–Kier alpha value is -1.65. The van der Waals surface area contributed by atoms with Crippen LogP contribution in [0.25, 0.3) is 0 Å². The predicted molar refractivity (Wildman–Crippen MR) is 86.4 cm³/mol. The van der Waals surface area contributed by atoms with Crippen molar-refractivity contribution >= 4 is 35.4 Å². The lowest BCUT2D eigenvalue weighted by Crippen LogP contribution is -2.59. The normalized spacial score (nSPS) is 24.1. The first-order chi connectivity index (χ1) is 9.26. The number of nitrogens with zero attached hydrogens (tertiary/aromatic N) is 1. The number of esters is 1. The quantitative estimate of drug-likeness (QED) is 0.504. The molecule has 1 atom stereocenters. The fraction of sp³-hybridized carbons (Fsp3) is 0.385. The molecule has 1 aromatic rings. The Morgan fingerprint density at radius 2 is 1.85 bits per heavy atom. The SMILES string of the molecule is BC1(B)OC(c2ccccc2)=N[C@@]1(B)C(=O)OC(C)C. The molecular weight excluding hydrogens is 251 g/mol. The molecule has 0 amide bonds. The van der Waals surface area contributed by atoms with Gasteiger partial charge >= 0.3 is 5.97 Å². The molecule has 4 nitrogen and oxygen atoms in total. The van der Waals surface area contributed by atoms with Crippen LogP contribution >= 0.6 is 0 Å². The maximum Gasteiger partial charge on any atom is 0.327 e. The first-order valence-corrected chi connectivity index (χ1v) is 6.81. The number of ether oxygens (including phenoxy) is 2. The first kappa shape index (κ1) is 14.8. The lowest BCUT2D eigenvalue weighted by atomic mass is 9.48. The highest BCUT2D eigenvalue weighted by Gasteiger charge is 2.54. The molecule has 1 aliphatic heterocycles. The number of benzene rings is 1. The summed E-state index contributed by atoms with van der Waals surface area (Å²) < 4.78 is 11.2. The van der Waals surface area contributed by atoms with E-state index >= 15 is 0 Å². The van der Waals surface area contributed by atoms with Crippen molar-refractivity contribution in [3.8, 4) is 0 Å². The molecule has 0 unspecified atom stereocenters. The number of aliphatic imine (C=N–C) groups is 1. The van der Waals surface area contributed by atoms with Crippen LogP contribution in [0.2, 0.25) is 0 Å². The second kappa shape index (κ2) is 5.04. The molecule has 2 rings (SSSR count). The molecule has 102 valence electrons. The van der Waals surface area contributed by atoms with E-state index in [4.69, 9.17) is 9.47 Å². The minimum absolute atomic E-state index is 0.175. The maximum atomic E-state index is 12.4. The zero-order valence-electron chi connectivity index (χ0n) is 12.6. The summed E-state index contributed by atoms with van der Waals surface area (Å²) in [6, 6.07) is 9.58. The molecule has 0 spiro atoms. The molecule has 1 aromatic carbocycles. The van der Waals surface area contributed by atoms with Gasteiger partial charge in [-0.15, -0.1) is 0 Å². The standard InChI is InChI=1S/C13H18B3NO3/c1-8(2)19-11(18)12(14)13(15,16)20-10(17-12)9-6-4-3-5-7-9/h3-8H,14-16H2,1-2H3/t12-/m0/s1. The van der Waals surface area contributed by atoms with E-state index in [2.05, 4.69) is 4.99 Å². The fourth-order valence-electron chi connectivity index (χ4n) is 2.03. The van der Waals surface area contributed by atoms with Gasteiger partial charge < -0.3 is 9.47 Å². The number of hydrogen-bond donors (Lipinski definition) is 0. The molecule has 0 N–H and O–H groups in total. The molecule has 1 heterocycles. The van der Waals surface area contributed by atoms with Crippen molar-refractivity contribution in [3.63, 3.8) is 0 Å². The molecule has 20 heavy (non-hydrogen) atoms. The number of carbonyl (C=O) groups excluding carboxylic acids is 1. The van der Waals surface area contributed by atoms with Gasteiger partial charge in [0.25, 0.3) is 0 Å². The molecule has 0 radical (unpaired) electrons. The maximum absolute atomic E-state index is 12.4. The molecule has 0 fully saturated rings. The zero-order valence-corrected chi connectivity index (χ0v) is 12.6. The predicted octanol–water partition coefficient (Wildman–Crippen LogP) is -1.34. The van der Waals surface area contributed by atoms with Crippen molar-refractivity contribution in [3.05, 3.63) is 35.9 Å². The Kier molecular flexibility index (Phi) is 3.72. The highest BCUT2D eigenvalue weighted by atomic mass is 16.6. The van der Waals surface area contributed by atoms with Gasteiger partial charge in [0.05, 0.1) is 11.5 Å². The number of hydrogen-bond acceptors (Lipinski definition) is 4. The number of carbonyl (C=O) groups is 1. The van der Waals surface area contributed by atoms with Crippen LogP contribution in [-0.2, 0) is 14.3 Å². The minimum Gasteiger partial charge on any atom is -0.488 e. The molecule has 0 aliphatic carbocycles. The van der Waals surface area contributed by atoms with Crippen LogP contribution in [0.15, 0.2) is 35.3 Å². The summed E-state index contributed by atoms with van der Waals surface area (Å²) in [7, 11) is 5.47. The summed E-state index contributed by atoms with van der Waals surface area (Å²) in [6.07, 6.45) is -0.175. The Morgan fingerprint density at radius 3 is 2.40 bits per heavy atom. The Bertz CT molecular complexity index is 545. The van der Waals surface area contributed by atoms with E-state index in [9.17, 15) is 4.79 Å². The third kappa shape index (κ3) is 2.49. The Balaban J connectivity index is 2.37. The van der Waals surface area contributed by atoms with E-state index in [1.165, 1.54) is 0 Å². The summed E-state index contributed by atoms with van der Waals surface area (Å²) in [6.45, 7) is 3.65. The van der Waals surface area contributed by atoms with Gasteiger partial charge in [0.1, 0.15) is 21.1 Å². The molecule has 0 saturated heterocycles. The molecule has 7 heteroatoms. The summed E-state index contributed by atoms with van der Waals surface area (Å²) >= 11 is 0. The van der Waals surface area contributed by atoms with Crippen LogP contribution in [0.4, 0.5) is 0 Å². The van der Waals surface area contributed by atoms with Gasteiger partial charge in [-0.2, -0.15) is 0 Å². The van der Waals surface area contributed by atoms with Crippen molar-refractivity contribution in [2.45, 2.75) is 30.8 Å². The molecule has 0 bridgehead atoms. The molecule has 1 aliphatic rings. The lowest BCUT2D eigenvalue weighted by Gasteiger charge is -2.33. The van der Waals surface area contributed by atoms with E-state index in [-0.39, 0.29) is 12.1 Å². The monoisotopic (exact) mass is 269 g/mol. The van der Waals surface area contributed by atoms with E-state index in [0.29, 0.717) is 5.90 Å². The van der Waals surface area contributed by atoms with Crippen LogP contribution in [0.3, 0.4) is 0 Å². The van der Waals surface area contributed by atoms with Crippen molar-refractivity contribution in [2.24, 2.45) is 4.99 Å². The third-order valence-corrected chi connectivity index (χ3v) is 3.61. The highest BCUT2D eigenvalue weighted by Crippen LogP contribution is 2.32. The second-order valence-electron chi connectivity index (χ2n) is 5.92. The van der Waals surface area contributed by atoms with Crippen molar-refractivity contribution in [2.75, 3.05) is 0 Å². The average molecular weight is 269 g/mol. The van der Waals surface area contributed by atoms with Gasteiger partial charge in [0, 0.05) is 5.56 Å². The highest BCUT2D eigenvalue weighted by molar-refractivity contribution is 6.50. The summed E-state index contributed by atoms with van der Waals surface area (Å²) in [5.74, 6) is 0.127. The van der Waals surface area contributed by atoms with Gasteiger partial charge in [0.2, 0.25) is 5.90 Å². The van der Waals surface area contributed by atoms with Crippen molar-refractivity contribution in [1.82, 2.24) is 0 Å². The second-order valence-corrected chi connectivity index (χ2v) is 5.92. The van der Waals surface area contributed by atoms with Crippen molar-refractivity contribution in [1.29, 1.82) is 0 Å². The average Bonchev–Trinajstić information content (AvgIpc) is 2.62. The van der Waals surface area contributed by atoms with Crippen LogP contribution in [0, 0.1) is 0 Å². The lowest BCUT2D eigenvalue weighted by molar-refractivity contribution is -0.152. The van der Waals surface area contributed by atoms with E-state index in [1.807, 2.05) is 59.9 Å². The van der Waals surface area contributed by atoms with Gasteiger partial charge in [-0.05, 0) is 26.0 Å². The van der Waals surface area contributed by atoms with E-state index in [1.54, 1.807) is 7.85 Å². The van der Waals surface area contributed by atoms with Crippen LogP contribution < -0.4 is 0 Å². The van der Waals surface area contributed by atoms with Crippen molar-refractivity contribution < 1.29 is 14.3 Å². The van der Waals surface area contributed by atoms with Crippen LogP contribution in [-0.4, -0.2) is 52.3 Å². The smallest absolute Gasteiger partial charge is 0.327 e. The summed E-state index contributed by atoms with van der Waals surface area (Å²) in [5, 5.41) is -0.746. The summed E-state index contributed by atoms with van der Waals surface area (Å²) in [4.78, 5) is 16.9. The van der Waals surface area contributed by atoms with Gasteiger partial charge in [-0.25, -0.2) is 4.99 Å². The Morgan fingerprint density at radius 1 is 1.25 bits per heavy atom. The van der Waals surface area contributed by atoms with Crippen LogP contribution in [0.5, 0.6) is 0 Å². The first-order valence-electron chi connectivity index (χ1n) is 6.81. The minimum atomic E-state index is -1.04. The van der Waals surface area contributed by atoms with Gasteiger partial charge in [-0.1, -0.05) is 18.2 Å².